The van der Waals surface area contributed by atoms with Crippen molar-refractivity contribution in [2.24, 2.45) is 5.92 Å². The SMILES string of the molecule is COC(=O)c1ccn2c(CC3CCOCC3)ncc2c1. The van der Waals surface area contributed by atoms with Crippen LogP contribution in [0.5, 0.6) is 0 Å². The van der Waals surface area contributed by atoms with Gasteiger partial charge in [0, 0.05) is 25.8 Å². The minimum atomic E-state index is -0.320. The minimum absolute atomic E-state index is 0.320. The zero-order valence-electron chi connectivity index (χ0n) is 11.5. The van der Waals surface area contributed by atoms with Gasteiger partial charge in [0.1, 0.15) is 5.82 Å². The van der Waals surface area contributed by atoms with Crippen LogP contribution in [0.15, 0.2) is 24.5 Å². The summed E-state index contributed by atoms with van der Waals surface area (Å²) in [6.07, 6.45) is 6.84. The van der Waals surface area contributed by atoms with E-state index in [1.165, 1.54) is 7.11 Å². The van der Waals surface area contributed by atoms with Crippen LogP contribution in [0.1, 0.15) is 29.0 Å². The molecule has 0 radical (unpaired) electrons. The predicted molar refractivity (Wildman–Crippen MR) is 73.8 cm³/mol. The number of hydrogen-bond donors (Lipinski definition) is 0. The van der Waals surface area contributed by atoms with Crippen molar-refractivity contribution in [3.05, 3.63) is 35.9 Å². The van der Waals surface area contributed by atoms with Crippen LogP contribution >= 0.6 is 0 Å². The summed E-state index contributed by atoms with van der Waals surface area (Å²) in [5, 5.41) is 0. The van der Waals surface area contributed by atoms with Crippen LogP contribution in [-0.2, 0) is 15.9 Å². The molecule has 0 spiro atoms. The van der Waals surface area contributed by atoms with Crippen molar-refractivity contribution in [1.29, 1.82) is 0 Å². The topological polar surface area (TPSA) is 52.8 Å². The molecule has 5 nitrogen and oxygen atoms in total. The van der Waals surface area contributed by atoms with Gasteiger partial charge >= 0.3 is 5.97 Å². The average molecular weight is 274 g/mol. The Morgan fingerprint density at radius 1 is 1.50 bits per heavy atom. The molecular weight excluding hydrogens is 256 g/mol. The lowest BCUT2D eigenvalue weighted by Gasteiger charge is -2.21. The number of methoxy groups -OCH3 is 1. The third-order valence-electron chi connectivity index (χ3n) is 3.84. The molecule has 0 unspecified atom stereocenters. The van der Waals surface area contributed by atoms with Crippen LogP contribution in [0.4, 0.5) is 0 Å². The molecule has 0 N–H and O–H groups in total. The standard InChI is InChI=1S/C15H18N2O3/c1-19-15(18)12-2-5-17-13(9-12)10-16-14(17)8-11-3-6-20-7-4-11/h2,5,9-11H,3-4,6-8H2,1H3. The number of aromatic nitrogens is 2. The second-order valence-electron chi connectivity index (χ2n) is 5.14. The first-order valence-electron chi connectivity index (χ1n) is 6.90. The summed E-state index contributed by atoms with van der Waals surface area (Å²) in [7, 11) is 1.39. The van der Waals surface area contributed by atoms with E-state index in [1.807, 2.05) is 16.7 Å². The Kier molecular flexibility index (Phi) is 3.69. The molecule has 3 heterocycles. The third kappa shape index (κ3) is 2.54. The largest absolute Gasteiger partial charge is 0.465 e. The molecule has 0 atom stereocenters. The van der Waals surface area contributed by atoms with E-state index in [0.717, 1.165) is 43.8 Å². The van der Waals surface area contributed by atoms with Crippen LogP contribution in [0, 0.1) is 5.92 Å². The maximum absolute atomic E-state index is 11.5. The zero-order chi connectivity index (χ0) is 13.9. The molecule has 1 fully saturated rings. The van der Waals surface area contributed by atoms with Crippen LogP contribution in [-0.4, -0.2) is 35.7 Å². The smallest absolute Gasteiger partial charge is 0.337 e. The first-order valence-corrected chi connectivity index (χ1v) is 6.90. The van der Waals surface area contributed by atoms with E-state index in [2.05, 4.69) is 4.98 Å². The summed E-state index contributed by atoms with van der Waals surface area (Å²) in [6.45, 7) is 1.70. The first kappa shape index (κ1) is 13.1. The minimum Gasteiger partial charge on any atom is -0.465 e. The van der Waals surface area contributed by atoms with E-state index in [1.54, 1.807) is 12.3 Å². The number of carbonyl (C=O) groups excluding carboxylic acids is 1. The van der Waals surface area contributed by atoms with Crippen molar-refractivity contribution in [1.82, 2.24) is 9.38 Å². The molecule has 0 saturated carbocycles. The summed E-state index contributed by atoms with van der Waals surface area (Å²) in [5.74, 6) is 1.36. The van der Waals surface area contributed by atoms with Crippen LogP contribution in [0.2, 0.25) is 0 Å². The zero-order valence-corrected chi connectivity index (χ0v) is 11.5. The summed E-state index contributed by atoms with van der Waals surface area (Å²) in [4.78, 5) is 16.0. The fraction of sp³-hybridized carbons (Fsp3) is 0.467. The Morgan fingerprint density at radius 2 is 2.30 bits per heavy atom. The van der Waals surface area contributed by atoms with Crippen molar-refractivity contribution in [2.75, 3.05) is 20.3 Å². The molecule has 106 valence electrons. The van der Waals surface area contributed by atoms with Gasteiger partial charge in [0.25, 0.3) is 0 Å². The van der Waals surface area contributed by atoms with Crippen LogP contribution in [0.3, 0.4) is 0 Å². The fourth-order valence-corrected chi connectivity index (χ4v) is 2.66. The Morgan fingerprint density at radius 3 is 3.05 bits per heavy atom. The number of fused-ring (bicyclic) bond motifs is 1. The molecule has 2 aromatic heterocycles. The van der Waals surface area contributed by atoms with E-state index >= 15 is 0 Å². The fourth-order valence-electron chi connectivity index (χ4n) is 2.66. The molecule has 2 aromatic rings. The second-order valence-corrected chi connectivity index (χ2v) is 5.14. The number of carbonyl (C=O) groups is 1. The van der Waals surface area contributed by atoms with E-state index in [4.69, 9.17) is 9.47 Å². The Bertz CT molecular complexity index is 615. The van der Waals surface area contributed by atoms with E-state index in [0.29, 0.717) is 11.5 Å². The van der Waals surface area contributed by atoms with Gasteiger partial charge in [-0.05, 0) is 30.9 Å². The second kappa shape index (κ2) is 5.63. The summed E-state index contributed by atoms with van der Waals surface area (Å²) in [5.41, 5.74) is 1.48. The van der Waals surface area contributed by atoms with E-state index < -0.39 is 0 Å². The highest BCUT2D eigenvalue weighted by Gasteiger charge is 2.17. The highest BCUT2D eigenvalue weighted by Crippen LogP contribution is 2.20. The third-order valence-corrected chi connectivity index (χ3v) is 3.84. The summed E-state index contributed by atoms with van der Waals surface area (Å²) >= 11 is 0. The van der Waals surface area contributed by atoms with Gasteiger partial charge < -0.3 is 13.9 Å². The number of hydrogen-bond acceptors (Lipinski definition) is 4. The Labute approximate surface area is 117 Å². The highest BCUT2D eigenvalue weighted by molar-refractivity contribution is 5.90. The van der Waals surface area contributed by atoms with Gasteiger partial charge in [-0.2, -0.15) is 0 Å². The molecule has 0 bridgehead atoms. The number of esters is 1. The van der Waals surface area contributed by atoms with Crippen LogP contribution in [0.25, 0.3) is 5.52 Å². The molecule has 0 aromatic carbocycles. The lowest BCUT2D eigenvalue weighted by Crippen LogP contribution is -2.18. The maximum atomic E-state index is 11.5. The number of nitrogens with zero attached hydrogens (tertiary/aromatic N) is 2. The molecule has 0 aliphatic carbocycles. The van der Waals surface area contributed by atoms with Crippen molar-refractivity contribution >= 4 is 11.5 Å². The highest BCUT2D eigenvalue weighted by atomic mass is 16.5. The van der Waals surface area contributed by atoms with Gasteiger partial charge in [0.2, 0.25) is 0 Å². The van der Waals surface area contributed by atoms with Gasteiger partial charge in [-0.25, -0.2) is 9.78 Å². The molecule has 0 amide bonds. The Hall–Kier alpha value is -1.88. The van der Waals surface area contributed by atoms with Crippen molar-refractivity contribution in [3.8, 4) is 0 Å². The Balaban J connectivity index is 1.84. The van der Waals surface area contributed by atoms with Crippen molar-refractivity contribution in [2.45, 2.75) is 19.3 Å². The van der Waals surface area contributed by atoms with E-state index in [-0.39, 0.29) is 5.97 Å². The molecule has 20 heavy (non-hydrogen) atoms. The summed E-state index contributed by atoms with van der Waals surface area (Å²) in [6, 6.07) is 3.58. The van der Waals surface area contributed by atoms with E-state index in [9.17, 15) is 4.79 Å². The molecule has 1 aliphatic rings. The number of ether oxygens (including phenoxy) is 2. The van der Waals surface area contributed by atoms with Gasteiger partial charge in [0.05, 0.1) is 24.4 Å². The van der Waals surface area contributed by atoms with Gasteiger partial charge in [-0.1, -0.05) is 0 Å². The molecule has 3 rings (SSSR count). The molecule has 5 heteroatoms. The van der Waals surface area contributed by atoms with Crippen molar-refractivity contribution in [3.63, 3.8) is 0 Å². The summed E-state index contributed by atoms with van der Waals surface area (Å²) < 4.78 is 12.2. The lowest BCUT2D eigenvalue weighted by atomic mass is 9.96. The number of pyridine rings is 1. The predicted octanol–water partition coefficient (Wildman–Crippen LogP) is 2.09. The number of rotatable bonds is 3. The quantitative estimate of drug-likeness (QED) is 0.804. The average Bonchev–Trinajstić information content (AvgIpc) is 2.90. The normalized spacial score (nSPS) is 16.4. The lowest BCUT2D eigenvalue weighted by molar-refractivity contribution is 0.0600. The molecule has 1 aliphatic heterocycles. The molecule has 1 saturated heterocycles. The molecular formula is C15H18N2O3. The number of imidazole rings is 1. The van der Waals surface area contributed by atoms with Crippen LogP contribution < -0.4 is 0 Å². The van der Waals surface area contributed by atoms with Gasteiger partial charge in [-0.15, -0.1) is 0 Å². The van der Waals surface area contributed by atoms with Crippen molar-refractivity contribution < 1.29 is 14.3 Å². The van der Waals surface area contributed by atoms with Gasteiger partial charge in [0.15, 0.2) is 0 Å². The monoisotopic (exact) mass is 274 g/mol. The first-order chi connectivity index (χ1) is 9.78. The van der Waals surface area contributed by atoms with Gasteiger partial charge in [-0.3, -0.25) is 0 Å². The maximum Gasteiger partial charge on any atom is 0.337 e.